The molecule has 0 spiro atoms. The van der Waals surface area contributed by atoms with Crippen molar-refractivity contribution in [2.75, 3.05) is 13.1 Å². The molecule has 7 heteroatoms. The van der Waals surface area contributed by atoms with Crippen molar-refractivity contribution in [1.29, 1.82) is 0 Å². The fraction of sp³-hybridized carbons (Fsp3) is 0.316. The first-order valence-corrected chi connectivity index (χ1v) is 9.45. The number of benzene rings is 1. The first-order valence-electron chi connectivity index (χ1n) is 8.70. The van der Waals surface area contributed by atoms with E-state index in [0.717, 1.165) is 24.2 Å². The van der Waals surface area contributed by atoms with Crippen molar-refractivity contribution >= 4 is 29.1 Å². The molecule has 0 aromatic heterocycles. The Morgan fingerprint density at radius 1 is 1.31 bits per heavy atom. The number of allylic oxidation sites excluding steroid dienone is 3. The monoisotopic (exact) mass is 390 g/mol. The Labute approximate surface area is 162 Å². The summed E-state index contributed by atoms with van der Waals surface area (Å²) < 4.78 is 0. The first kappa shape index (κ1) is 17.5. The molecule has 0 bridgehead atoms. The van der Waals surface area contributed by atoms with Crippen molar-refractivity contribution in [3.63, 3.8) is 0 Å². The van der Waals surface area contributed by atoms with E-state index in [0.29, 0.717) is 34.6 Å². The zero-order chi connectivity index (χ0) is 18.3. The van der Waals surface area contributed by atoms with E-state index in [1.807, 2.05) is 0 Å². The fourth-order valence-electron chi connectivity index (χ4n) is 3.50. The second-order valence-corrected chi connectivity index (χ2v) is 7.57. The van der Waals surface area contributed by atoms with Crippen molar-refractivity contribution in [1.82, 2.24) is 20.9 Å². The van der Waals surface area contributed by atoms with E-state index in [-0.39, 0.29) is 5.91 Å². The van der Waals surface area contributed by atoms with Gasteiger partial charge in [0.1, 0.15) is 0 Å². The van der Waals surface area contributed by atoms with Crippen LogP contribution in [0.4, 0.5) is 0 Å². The Hall–Kier alpha value is -1.95. The average molecular weight is 391 g/mol. The van der Waals surface area contributed by atoms with E-state index in [2.05, 4.69) is 41.1 Å². The van der Waals surface area contributed by atoms with E-state index in [1.165, 1.54) is 5.70 Å². The highest BCUT2D eigenvalue weighted by Crippen LogP contribution is 2.31. The number of nitrogens with zero attached hydrogens (tertiary/aromatic N) is 2. The van der Waals surface area contributed by atoms with Gasteiger partial charge in [0.05, 0.1) is 39.2 Å². The van der Waals surface area contributed by atoms with Crippen LogP contribution in [0.2, 0.25) is 10.0 Å². The van der Waals surface area contributed by atoms with E-state index in [4.69, 9.17) is 23.2 Å². The van der Waals surface area contributed by atoms with Gasteiger partial charge >= 0.3 is 0 Å². The van der Waals surface area contributed by atoms with Gasteiger partial charge in [-0.25, -0.2) is 0 Å². The minimum Gasteiger partial charge on any atom is -0.332 e. The van der Waals surface area contributed by atoms with E-state index < -0.39 is 0 Å². The highest BCUT2D eigenvalue weighted by molar-refractivity contribution is 6.43. The summed E-state index contributed by atoms with van der Waals surface area (Å²) >= 11 is 12.3. The zero-order valence-corrected chi connectivity index (χ0v) is 15.9. The first-order chi connectivity index (χ1) is 12.5. The zero-order valence-electron chi connectivity index (χ0n) is 14.4. The number of hydrazine groups is 2. The van der Waals surface area contributed by atoms with Crippen LogP contribution in [0.3, 0.4) is 0 Å². The molecule has 0 saturated carbocycles. The van der Waals surface area contributed by atoms with Crippen LogP contribution in [-0.4, -0.2) is 28.9 Å². The Morgan fingerprint density at radius 2 is 2.15 bits per heavy atom. The van der Waals surface area contributed by atoms with Crippen molar-refractivity contribution in [2.45, 2.75) is 19.8 Å². The minimum absolute atomic E-state index is 0.102. The summed E-state index contributed by atoms with van der Waals surface area (Å²) in [7, 11) is 0. The Bertz CT molecular complexity index is 846. The summed E-state index contributed by atoms with van der Waals surface area (Å²) in [5.41, 5.74) is 10.2. The van der Waals surface area contributed by atoms with Gasteiger partial charge in [-0.1, -0.05) is 48.3 Å². The maximum absolute atomic E-state index is 12.9. The third kappa shape index (κ3) is 3.11. The molecule has 1 unspecified atom stereocenters. The Morgan fingerprint density at radius 3 is 2.96 bits per heavy atom. The average Bonchev–Trinajstić information content (AvgIpc) is 3.06. The summed E-state index contributed by atoms with van der Waals surface area (Å²) in [6.07, 6.45) is 8.42. The number of rotatable bonds is 2. The molecular formula is C19H20Cl2N4O. The number of hydrogen-bond acceptors (Lipinski definition) is 4. The summed E-state index contributed by atoms with van der Waals surface area (Å²) in [5, 5.41) is 2.78. The lowest BCUT2D eigenvalue weighted by Gasteiger charge is -2.30. The molecule has 136 valence electrons. The molecule has 1 aromatic carbocycles. The molecule has 26 heavy (non-hydrogen) atoms. The van der Waals surface area contributed by atoms with Gasteiger partial charge in [0, 0.05) is 13.0 Å². The van der Waals surface area contributed by atoms with Gasteiger partial charge < -0.3 is 10.3 Å². The van der Waals surface area contributed by atoms with Gasteiger partial charge in [0.15, 0.2) is 0 Å². The molecular weight excluding hydrogens is 371 g/mol. The van der Waals surface area contributed by atoms with Gasteiger partial charge in [0.25, 0.3) is 5.91 Å². The number of halogens is 2. The van der Waals surface area contributed by atoms with Crippen LogP contribution in [0, 0.1) is 5.92 Å². The van der Waals surface area contributed by atoms with Crippen LogP contribution in [0.25, 0.3) is 0 Å². The normalized spacial score (nSPS) is 22.3. The topological polar surface area (TPSA) is 47.6 Å². The van der Waals surface area contributed by atoms with Gasteiger partial charge in [-0.3, -0.25) is 9.80 Å². The van der Waals surface area contributed by atoms with Crippen molar-refractivity contribution in [3.05, 3.63) is 69.1 Å². The summed E-state index contributed by atoms with van der Waals surface area (Å²) in [6, 6.07) is 5.15. The van der Waals surface area contributed by atoms with Crippen LogP contribution in [0.15, 0.2) is 53.5 Å². The Balaban J connectivity index is 1.54. The molecule has 4 rings (SSSR count). The summed E-state index contributed by atoms with van der Waals surface area (Å²) in [4.78, 5) is 14.7. The standard InChI is InChI=1S/C19H20Cl2N4O/c1-12-4-2-5-13(10-12)25-17-8-9-24(11-16(17)22-23-25)19(26)14-6-3-7-15(20)18(14)21/h2-3,5-7,10,12,22-23H,4,8-9,11H2,1H3. The predicted octanol–water partition coefficient (Wildman–Crippen LogP) is 3.86. The molecule has 3 aliphatic rings. The number of carbonyl (C=O) groups excluding carboxylic acids is 1. The molecule has 2 N–H and O–H groups in total. The highest BCUT2D eigenvalue weighted by atomic mass is 35.5. The maximum atomic E-state index is 12.9. The lowest BCUT2D eigenvalue weighted by Crippen LogP contribution is -2.39. The molecule has 1 atom stereocenters. The molecule has 1 aromatic rings. The number of amides is 1. The third-order valence-electron chi connectivity index (χ3n) is 4.88. The quantitative estimate of drug-likeness (QED) is 0.804. The number of hydrogen-bond donors (Lipinski definition) is 2. The Kier molecular flexibility index (Phi) is 4.69. The van der Waals surface area contributed by atoms with Gasteiger partial charge in [-0.05, 0) is 30.5 Å². The van der Waals surface area contributed by atoms with Crippen LogP contribution in [-0.2, 0) is 0 Å². The van der Waals surface area contributed by atoms with Crippen LogP contribution < -0.4 is 11.0 Å². The van der Waals surface area contributed by atoms with E-state index in [9.17, 15) is 4.79 Å². The molecule has 0 radical (unpaired) electrons. The molecule has 0 saturated heterocycles. The van der Waals surface area contributed by atoms with Crippen molar-refractivity contribution in [2.24, 2.45) is 5.92 Å². The van der Waals surface area contributed by atoms with Crippen molar-refractivity contribution in [3.8, 4) is 0 Å². The fourth-order valence-corrected chi connectivity index (χ4v) is 3.88. The third-order valence-corrected chi connectivity index (χ3v) is 5.70. The molecule has 2 heterocycles. The predicted molar refractivity (Wildman–Crippen MR) is 103 cm³/mol. The van der Waals surface area contributed by atoms with E-state index in [1.54, 1.807) is 23.1 Å². The minimum atomic E-state index is -0.102. The van der Waals surface area contributed by atoms with Crippen molar-refractivity contribution < 1.29 is 4.79 Å². The molecule has 1 amide bonds. The molecule has 1 aliphatic carbocycles. The van der Waals surface area contributed by atoms with Crippen LogP contribution in [0.5, 0.6) is 0 Å². The number of carbonyl (C=O) groups is 1. The van der Waals surface area contributed by atoms with E-state index >= 15 is 0 Å². The molecule has 5 nitrogen and oxygen atoms in total. The SMILES string of the molecule is CC1C=C(N2NNC3=C2CCN(C(=O)c2cccc(Cl)c2Cl)C3)C=CC1. The number of nitrogens with one attached hydrogen (secondary N) is 2. The van der Waals surface area contributed by atoms with Gasteiger partial charge in [0.2, 0.25) is 0 Å². The maximum Gasteiger partial charge on any atom is 0.255 e. The lowest BCUT2D eigenvalue weighted by molar-refractivity contribution is 0.0760. The highest BCUT2D eigenvalue weighted by Gasteiger charge is 2.32. The second-order valence-electron chi connectivity index (χ2n) is 6.78. The van der Waals surface area contributed by atoms with Crippen LogP contribution in [0.1, 0.15) is 30.1 Å². The smallest absolute Gasteiger partial charge is 0.255 e. The summed E-state index contributed by atoms with van der Waals surface area (Å²) in [6.45, 7) is 3.35. The second kappa shape index (κ2) is 6.99. The summed E-state index contributed by atoms with van der Waals surface area (Å²) in [5.74, 6) is 0.419. The van der Waals surface area contributed by atoms with Gasteiger partial charge in [-0.2, -0.15) is 0 Å². The van der Waals surface area contributed by atoms with Crippen LogP contribution >= 0.6 is 23.2 Å². The molecule has 0 fully saturated rings. The molecule has 2 aliphatic heterocycles. The van der Waals surface area contributed by atoms with Gasteiger partial charge in [-0.15, -0.1) is 5.53 Å². The lowest BCUT2D eigenvalue weighted by atomic mass is 10.0. The largest absolute Gasteiger partial charge is 0.332 e.